The predicted octanol–water partition coefficient (Wildman–Crippen LogP) is 9.05. The number of halogens is 4. The molecule has 0 heterocycles. The Balaban J connectivity index is 1.48. The number of ether oxygens (including phenoxy) is 4. The molecule has 0 aromatic heterocycles. The molecule has 4 aromatic rings. The number of methoxy groups -OCH3 is 1. The van der Waals surface area contributed by atoms with Gasteiger partial charge in [0, 0.05) is 24.5 Å². The SMILES string of the molecule is CCOC(=O)CCCCN(CCc1cc(OC(F)(F)F)ccc1OCc1ccc(-c2ccc(Cl)cc2)cc1)Cc1ccc(C(=O)OC)cc1. The van der Waals surface area contributed by atoms with Gasteiger partial charge in [0.1, 0.15) is 18.1 Å². The number of benzene rings is 4. The van der Waals surface area contributed by atoms with Gasteiger partial charge in [0.15, 0.2) is 0 Å². The number of hydrogen-bond donors (Lipinski definition) is 0. The van der Waals surface area contributed by atoms with E-state index in [4.69, 9.17) is 25.8 Å². The fraction of sp³-hybridized carbons (Fsp3) is 0.316. The van der Waals surface area contributed by atoms with Gasteiger partial charge in [-0.3, -0.25) is 9.69 Å². The standard InChI is InChI=1S/C38H39ClF3NO6/c1-3-47-36(44)6-4-5-22-43(25-27-7-13-31(14-8-27)37(45)46-2)23-21-32-24-34(49-38(40,41)42)19-20-35(32)48-26-28-9-11-29(12-10-28)30-15-17-33(39)18-16-30/h7-20,24H,3-6,21-23,25-26H2,1-2H3. The highest BCUT2D eigenvalue weighted by atomic mass is 35.5. The molecule has 7 nitrogen and oxygen atoms in total. The van der Waals surface area contributed by atoms with Crippen molar-refractivity contribution < 1.29 is 41.7 Å². The second kappa shape index (κ2) is 18.3. The van der Waals surface area contributed by atoms with Crippen LogP contribution in [0.2, 0.25) is 5.02 Å². The second-order valence-corrected chi connectivity index (χ2v) is 11.7. The fourth-order valence-electron chi connectivity index (χ4n) is 5.19. The topological polar surface area (TPSA) is 74.3 Å². The highest BCUT2D eigenvalue weighted by Crippen LogP contribution is 2.30. The van der Waals surface area contributed by atoms with Crippen LogP contribution >= 0.6 is 11.6 Å². The van der Waals surface area contributed by atoms with Crippen LogP contribution in [0.25, 0.3) is 11.1 Å². The number of carbonyl (C=O) groups excluding carboxylic acids is 2. The van der Waals surface area contributed by atoms with Gasteiger partial charge in [-0.2, -0.15) is 0 Å². The van der Waals surface area contributed by atoms with Gasteiger partial charge in [-0.1, -0.05) is 60.1 Å². The van der Waals surface area contributed by atoms with Crippen LogP contribution in [-0.2, 0) is 33.8 Å². The van der Waals surface area contributed by atoms with Gasteiger partial charge in [0.05, 0.1) is 19.3 Å². The lowest BCUT2D eigenvalue weighted by Gasteiger charge is -2.23. The van der Waals surface area contributed by atoms with Crippen molar-refractivity contribution in [3.8, 4) is 22.6 Å². The summed E-state index contributed by atoms with van der Waals surface area (Å²) in [5.74, 6) is -0.578. The highest BCUT2D eigenvalue weighted by Gasteiger charge is 2.31. The zero-order valence-electron chi connectivity index (χ0n) is 27.4. The van der Waals surface area contributed by atoms with E-state index in [1.807, 2.05) is 60.7 Å². The zero-order chi connectivity index (χ0) is 35.2. The van der Waals surface area contributed by atoms with Gasteiger partial charge in [0.25, 0.3) is 0 Å². The lowest BCUT2D eigenvalue weighted by atomic mass is 10.0. The summed E-state index contributed by atoms with van der Waals surface area (Å²) >= 11 is 6.01. The number of carbonyl (C=O) groups is 2. The van der Waals surface area contributed by atoms with Crippen molar-refractivity contribution in [2.75, 3.05) is 26.8 Å². The van der Waals surface area contributed by atoms with E-state index in [1.165, 1.54) is 25.3 Å². The van der Waals surface area contributed by atoms with Gasteiger partial charge in [-0.15, -0.1) is 13.2 Å². The smallest absolute Gasteiger partial charge is 0.489 e. The summed E-state index contributed by atoms with van der Waals surface area (Å²) in [6.45, 7) is 3.89. The molecule has 49 heavy (non-hydrogen) atoms. The van der Waals surface area contributed by atoms with Crippen molar-refractivity contribution in [1.29, 1.82) is 0 Å². The maximum atomic E-state index is 13.1. The third kappa shape index (κ3) is 12.5. The van der Waals surface area contributed by atoms with E-state index in [9.17, 15) is 22.8 Å². The molecule has 11 heteroatoms. The third-order valence-electron chi connectivity index (χ3n) is 7.68. The van der Waals surface area contributed by atoms with Gasteiger partial charge >= 0.3 is 18.3 Å². The molecule has 0 bridgehead atoms. The monoisotopic (exact) mass is 697 g/mol. The minimum atomic E-state index is -4.84. The first kappa shape index (κ1) is 37.3. The Hall–Kier alpha value is -4.54. The lowest BCUT2D eigenvalue weighted by molar-refractivity contribution is -0.274. The van der Waals surface area contributed by atoms with E-state index in [-0.39, 0.29) is 18.3 Å². The van der Waals surface area contributed by atoms with Gasteiger partial charge < -0.3 is 18.9 Å². The Kier molecular flexibility index (Phi) is 13.9. The number of nitrogens with zero attached hydrogens (tertiary/aromatic N) is 1. The predicted molar refractivity (Wildman–Crippen MR) is 182 cm³/mol. The van der Waals surface area contributed by atoms with Crippen molar-refractivity contribution >= 4 is 23.5 Å². The number of esters is 2. The molecule has 0 amide bonds. The Morgan fingerprint density at radius 3 is 2.10 bits per heavy atom. The van der Waals surface area contributed by atoms with Crippen LogP contribution in [0.3, 0.4) is 0 Å². The number of hydrogen-bond acceptors (Lipinski definition) is 7. The minimum absolute atomic E-state index is 0.206. The van der Waals surface area contributed by atoms with Crippen LogP contribution in [0.4, 0.5) is 13.2 Å². The molecule has 4 rings (SSSR count). The molecule has 0 radical (unpaired) electrons. The van der Waals surface area contributed by atoms with Crippen molar-refractivity contribution in [3.63, 3.8) is 0 Å². The van der Waals surface area contributed by atoms with Crippen molar-refractivity contribution in [2.45, 2.75) is 52.1 Å². The number of unbranched alkanes of at least 4 members (excludes halogenated alkanes) is 1. The molecule has 0 fully saturated rings. The Labute approximate surface area is 289 Å². The Morgan fingerprint density at radius 1 is 0.816 bits per heavy atom. The second-order valence-electron chi connectivity index (χ2n) is 11.3. The zero-order valence-corrected chi connectivity index (χ0v) is 28.2. The van der Waals surface area contributed by atoms with Crippen LogP contribution in [0.15, 0.2) is 91.0 Å². The largest absolute Gasteiger partial charge is 0.573 e. The highest BCUT2D eigenvalue weighted by molar-refractivity contribution is 6.30. The van der Waals surface area contributed by atoms with E-state index >= 15 is 0 Å². The molecule has 0 saturated heterocycles. The molecule has 0 atom stereocenters. The lowest BCUT2D eigenvalue weighted by Crippen LogP contribution is -2.27. The summed E-state index contributed by atoms with van der Waals surface area (Å²) in [4.78, 5) is 25.9. The molecule has 4 aromatic carbocycles. The Morgan fingerprint density at radius 2 is 1.47 bits per heavy atom. The van der Waals surface area contributed by atoms with Crippen molar-refractivity contribution in [3.05, 3.63) is 118 Å². The minimum Gasteiger partial charge on any atom is -0.489 e. The average Bonchev–Trinajstić information content (AvgIpc) is 3.08. The normalized spacial score (nSPS) is 11.3. The van der Waals surface area contributed by atoms with Gasteiger partial charge in [-0.25, -0.2) is 4.79 Å². The molecule has 0 N–H and O–H groups in total. The fourth-order valence-corrected chi connectivity index (χ4v) is 5.32. The van der Waals surface area contributed by atoms with Crippen LogP contribution < -0.4 is 9.47 Å². The van der Waals surface area contributed by atoms with E-state index in [0.29, 0.717) is 73.8 Å². The van der Waals surface area contributed by atoms with E-state index in [0.717, 1.165) is 22.3 Å². The van der Waals surface area contributed by atoms with Crippen molar-refractivity contribution in [2.24, 2.45) is 0 Å². The first-order chi connectivity index (χ1) is 23.5. The Bertz CT molecular complexity index is 1640. The van der Waals surface area contributed by atoms with Crippen LogP contribution in [0, 0.1) is 0 Å². The summed E-state index contributed by atoms with van der Waals surface area (Å²) < 4.78 is 59.6. The molecule has 0 unspecified atom stereocenters. The van der Waals surface area contributed by atoms with Gasteiger partial charge in [-0.05, 0) is 103 Å². The van der Waals surface area contributed by atoms with Crippen molar-refractivity contribution in [1.82, 2.24) is 4.90 Å². The van der Waals surface area contributed by atoms with Crippen LogP contribution in [-0.4, -0.2) is 50.0 Å². The third-order valence-corrected chi connectivity index (χ3v) is 7.93. The number of alkyl halides is 3. The average molecular weight is 698 g/mol. The van der Waals surface area contributed by atoms with E-state index < -0.39 is 12.3 Å². The molecule has 0 aliphatic heterocycles. The van der Waals surface area contributed by atoms with E-state index in [2.05, 4.69) is 9.64 Å². The van der Waals surface area contributed by atoms with Crippen LogP contribution in [0.5, 0.6) is 11.5 Å². The molecule has 0 saturated carbocycles. The molecule has 0 aliphatic carbocycles. The summed E-state index contributed by atoms with van der Waals surface area (Å²) in [7, 11) is 1.32. The molecule has 0 aliphatic rings. The molecular weight excluding hydrogens is 659 g/mol. The first-order valence-corrected chi connectivity index (χ1v) is 16.3. The maximum absolute atomic E-state index is 13.1. The maximum Gasteiger partial charge on any atom is 0.573 e. The van der Waals surface area contributed by atoms with Gasteiger partial charge in [0.2, 0.25) is 0 Å². The molecule has 0 spiro atoms. The summed E-state index contributed by atoms with van der Waals surface area (Å²) in [6, 6.07) is 26.5. The van der Waals surface area contributed by atoms with Crippen LogP contribution in [0.1, 0.15) is 53.2 Å². The first-order valence-electron chi connectivity index (χ1n) is 15.9. The quantitative estimate of drug-likeness (QED) is 0.0805. The van der Waals surface area contributed by atoms with E-state index in [1.54, 1.807) is 19.1 Å². The molecule has 260 valence electrons. The summed E-state index contributed by atoms with van der Waals surface area (Å²) in [5.41, 5.74) is 4.83. The number of rotatable bonds is 17. The summed E-state index contributed by atoms with van der Waals surface area (Å²) in [5, 5.41) is 0.655. The summed E-state index contributed by atoms with van der Waals surface area (Å²) in [6.07, 6.45) is -2.86. The molecular formula is C38H39ClF3NO6.